The van der Waals surface area contributed by atoms with Crippen molar-refractivity contribution in [2.24, 2.45) is 5.92 Å². The van der Waals surface area contributed by atoms with Crippen LogP contribution < -0.4 is 0 Å². The average Bonchev–Trinajstić information content (AvgIpc) is 2.16. The van der Waals surface area contributed by atoms with E-state index in [1.54, 1.807) is 0 Å². The first-order valence-electron chi connectivity index (χ1n) is 4.74. The van der Waals surface area contributed by atoms with Crippen molar-refractivity contribution < 1.29 is 0 Å². The molecular weight excluding hydrogens is 158 g/mol. The Balaban J connectivity index is 2.37. The molecule has 0 aromatic heterocycles. The van der Waals surface area contributed by atoms with Gasteiger partial charge in [0.25, 0.3) is 0 Å². The quantitative estimate of drug-likeness (QED) is 0.686. The monoisotopic (exact) mass is 173 g/mol. The van der Waals surface area contributed by atoms with Crippen molar-refractivity contribution in [1.82, 2.24) is 0 Å². The molecule has 1 rings (SSSR count). The molecule has 1 unspecified atom stereocenters. The number of hydrogen-bond acceptors (Lipinski definition) is 1. The van der Waals surface area contributed by atoms with E-state index in [2.05, 4.69) is 37.3 Å². The van der Waals surface area contributed by atoms with E-state index in [0.717, 1.165) is 12.8 Å². The molecule has 0 spiro atoms. The molecule has 0 heterocycles. The highest BCUT2D eigenvalue weighted by molar-refractivity contribution is 5.15. The van der Waals surface area contributed by atoms with Crippen LogP contribution >= 0.6 is 0 Å². The molecular formula is C12H15N. The van der Waals surface area contributed by atoms with Crippen LogP contribution in [0.2, 0.25) is 0 Å². The summed E-state index contributed by atoms with van der Waals surface area (Å²) in [6.07, 6.45) is 2.77. The second kappa shape index (κ2) is 5.37. The van der Waals surface area contributed by atoms with E-state index in [1.807, 2.05) is 6.07 Å². The van der Waals surface area contributed by atoms with Gasteiger partial charge in [0.1, 0.15) is 0 Å². The smallest absolute Gasteiger partial charge is 0.0621 e. The Morgan fingerprint density at radius 3 is 2.62 bits per heavy atom. The lowest BCUT2D eigenvalue weighted by atomic mass is 9.97. The van der Waals surface area contributed by atoms with Crippen LogP contribution in [0.1, 0.15) is 25.3 Å². The van der Waals surface area contributed by atoms with Gasteiger partial charge in [0, 0.05) is 6.42 Å². The van der Waals surface area contributed by atoms with Crippen molar-refractivity contribution in [2.75, 3.05) is 0 Å². The summed E-state index contributed by atoms with van der Waals surface area (Å²) in [6.45, 7) is 2.20. The van der Waals surface area contributed by atoms with Gasteiger partial charge in [0.15, 0.2) is 0 Å². The van der Waals surface area contributed by atoms with Crippen LogP contribution in [0.3, 0.4) is 0 Å². The lowest BCUT2D eigenvalue weighted by Gasteiger charge is -2.08. The molecule has 0 aliphatic heterocycles. The van der Waals surface area contributed by atoms with Gasteiger partial charge in [0.05, 0.1) is 6.07 Å². The van der Waals surface area contributed by atoms with Crippen LogP contribution in [0.15, 0.2) is 30.3 Å². The van der Waals surface area contributed by atoms with Crippen LogP contribution in [0.25, 0.3) is 0 Å². The van der Waals surface area contributed by atoms with Crippen molar-refractivity contribution in [3.63, 3.8) is 0 Å². The molecule has 1 heteroatoms. The molecule has 1 aromatic rings. The molecule has 0 radical (unpaired) electrons. The maximum atomic E-state index is 8.43. The summed E-state index contributed by atoms with van der Waals surface area (Å²) in [7, 11) is 0. The lowest BCUT2D eigenvalue weighted by molar-refractivity contribution is 0.539. The first kappa shape index (κ1) is 9.80. The highest BCUT2D eigenvalue weighted by Crippen LogP contribution is 2.12. The third-order valence-corrected chi connectivity index (χ3v) is 2.18. The van der Waals surface area contributed by atoms with Gasteiger partial charge in [-0.25, -0.2) is 0 Å². The molecule has 0 saturated carbocycles. The number of hydrogen-bond donors (Lipinski definition) is 0. The molecule has 68 valence electrons. The summed E-state index contributed by atoms with van der Waals surface area (Å²) in [6, 6.07) is 12.6. The number of rotatable bonds is 4. The van der Waals surface area contributed by atoms with Crippen molar-refractivity contribution in [3.8, 4) is 6.07 Å². The van der Waals surface area contributed by atoms with Crippen LogP contribution in [-0.2, 0) is 6.42 Å². The SMILES string of the molecule is CC(CCC#N)Cc1ccccc1. The zero-order valence-electron chi connectivity index (χ0n) is 8.03. The Labute approximate surface area is 80.0 Å². The summed E-state index contributed by atoms with van der Waals surface area (Å²) < 4.78 is 0. The van der Waals surface area contributed by atoms with E-state index in [-0.39, 0.29) is 0 Å². The molecule has 0 aliphatic rings. The van der Waals surface area contributed by atoms with Gasteiger partial charge in [-0.1, -0.05) is 37.3 Å². The Bertz CT molecular complexity index is 271. The topological polar surface area (TPSA) is 23.8 Å². The Hall–Kier alpha value is -1.29. The third kappa shape index (κ3) is 3.75. The zero-order valence-corrected chi connectivity index (χ0v) is 8.03. The fourth-order valence-electron chi connectivity index (χ4n) is 1.43. The largest absolute Gasteiger partial charge is 0.198 e. The summed E-state index contributed by atoms with van der Waals surface area (Å²) >= 11 is 0. The van der Waals surface area contributed by atoms with Crippen LogP contribution in [0.5, 0.6) is 0 Å². The predicted octanol–water partition coefficient (Wildman–Crippen LogP) is 3.17. The average molecular weight is 173 g/mol. The van der Waals surface area contributed by atoms with Crippen LogP contribution in [0, 0.1) is 17.2 Å². The van der Waals surface area contributed by atoms with Crippen molar-refractivity contribution in [2.45, 2.75) is 26.2 Å². The second-order valence-corrected chi connectivity index (χ2v) is 3.49. The second-order valence-electron chi connectivity index (χ2n) is 3.49. The highest BCUT2D eigenvalue weighted by Gasteiger charge is 2.02. The van der Waals surface area contributed by atoms with Crippen molar-refractivity contribution >= 4 is 0 Å². The van der Waals surface area contributed by atoms with Gasteiger partial charge in [-0.05, 0) is 24.3 Å². The zero-order chi connectivity index (χ0) is 9.52. The molecule has 0 N–H and O–H groups in total. The standard InChI is InChI=1S/C12H15N/c1-11(6-5-9-13)10-12-7-3-2-4-8-12/h2-4,7-8,11H,5-6,10H2,1H3. The molecule has 0 bridgehead atoms. The fourth-order valence-corrected chi connectivity index (χ4v) is 1.43. The molecule has 1 nitrogen and oxygen atoms in total. The summed E-state index contributed by atoms with van der Waals surface area (Å²) in [5, 5.41) is 8.43. The van der Waals surface area contributed by atoms with E-state index in [9.17, 15) is 0 Å². The summed E-state index contributed by atoms with van der Waals surface area (Å²) in [4.78, 5) is 0. The minimum absolute atomic E-state index is 0.613. The minimum atomic E-state index is 0.613. The normalized spacial score (nSPS) is 12.0. The first-order chi connectivity index (χ1) is 6.33. The Morgan fingerprint density at radius 1 is 1.31 bits per heavy atom. The molecule has 0 saturated heterocycles. The molecule has 0 fully saturated rings. The molecule has 1 aromatic carbocycles. The fraction of sp³-hybridized carbons (Fsp3) is 0.417. The van der Waals surface area contributed by atoms with Gasteiger partial charge >= 0.3 is 0 Å². The maximum Gasteiger partial charge on any atom is 0.0621 e. The lowest BCUT2D eigenvalue weighted by Crippen LogP contribution is -1.98. The maximum absolute atomic E-state index is 8.43. The first-order valence-corrected chi connectivity index (χ1v) is 4.74. The Morgan fingerprint density at radius 2 is 2.00 bits per heavy atom. The summed E-state index contributed by atoms with van der Waals surface area (Å²) in [5.74, 6) is 0.613. The summed E-state index contributed by atoms with van der Waals surface area (Å²) in [5.41, 5.74) is 1.37. The van der Waals surface area contributed by atoms with Gasteiger partial charge in [0.2, 0.25) is 0 Å². The molecule has 0 aliphatic carbocycles. The number of nitriles is 1. The van der Waals surface area contributed by atoms with Gasteiger partial charge in [-0.2, -0.15) is 5.26 Å². The van der Waals surface area contributed by atoms with E-state index >= 15 is 0 Å². The molecule has 13 heavy (non-hydrogen) atoms. The van der Waals surface area contributed by atoms with E-state index < -0.39 is 0 Å². The molecule has 1 atom stereocenters. The Kier molecular flexibility index (Phi) is 4.05. The van der Waals surface area contributed by atoms with Crippen LogP contribution in [-0.4, -0.2) is 0 Å². The van der Waals surface area contributed by atoms with Crippen LogP contribution in [0.4, 0.5) is 0 Å². The minimum Gasteiger partial charge on any atom is -0.198 e. The van der Waals surface area contributed by atoms with Gasteiger partial charge < -0.3 is 0 Å². The van der Waals surface area contributed by atoms with E-state index in [0.29, 0.717) is 12.3 Å². The van der Waals surface area contributed by atoms with Crippen molar-refractivity contribution in [3.05, 3.63) is 35.9 Å². The van der Waals surface area contributed by atoms with Gasteiger partial charge in [-0.15, -0.1) is 0 Å². The third-order valence-electron chi connectivity index (χ3n) is 2.18. The highest BCUT2D eigenvalue weighted by atomic mass is 14.2. The van der Waals surface area contributed by atoms with Crippen molar-refractivity contribution in [1.29, 1.82) is 5.26 Å². The van der Waals surface area contributed by atoms with E-state index in [4.69, 9.17) is 5.26 Å². The number of nitrogens with zero attached hydrogens (tertiary/aromatic N) is 1. The predicted molar refractivity (Wildman–Crippen MR) is 54.2 cm³/mol. The van der Waals surface area contributed by atoms with Gasteiger partial charge in [-0.3, -0.25) is 0 Å². The van der Waals surface area contributed by atoms with E-state index in [1.165, 1.54) is 5.56 Å². The number of benzene rings is 1. The molecule has 0 amide bonds.